The normalized spacial score (nSPS) is 12.1. The number of hydrogen-bond acceptors (Lipinski definition) is 2. The standard InChI is InChI=1S/C15H20N2O/c1-4-5-7-12-14(15(18)16-17(2)3)13-10-8-6-9-11-13/h5-12H,4H2,1-3H3,(H,16,18). The number of nitrogens with zero attached hydrogens (tertiary/aromatic N) is 1. The van der Waals surface area contributed by atoms with Crippen LogP contribution < -0.4 is 5.43 Å². The third-order valence-electron chi connectivity index (χ3n) is 2.29. The van der Waals surface area contributed by atoms with Crippen molar-refractivity contribution in [2.24, 2.45) is 0 Å². The van der Waals surface area contributed by atoms with Gasteiger partial charge in [-0.15, -0.1) is 0 Å². The molecule has 1 aromatic rings. The van der Waals surface area contributed by atoms with Crippen molar-refractivity contribution in [2.45, 2.75) is 13.3 Å². The van der Waals surface area contributed by atoms with E-state index in [1.165, 1.54) is 0 Å². The van der Waals surface area contributed by atoms with E-state index in [0.29, 0.717) is 5.57 Å². The summed E-state index contributed by atoms with van der Waals surface area (Å²) in [4.78, 5) is 12.1. The van der Waals surface area contributed by atoms with Crippen LogP contribution in [0.25, 0.3) is 5.57 Å². The number of hydrazine groups is 1. The highest BCUT2D eigenvalue weighted by molar-refractivity contribution is 6.19. The number of carbonyl (C=O) groups excluding carboxylic acids is 1. The molecule has 0 radical (unpaired) electrons. The summed E-state index contributed by atoms with van der Waals surface area (Å²) < 4.78 is 0. The van der Waals surface area contributed by atoms with Gasteiger partial charge in [-0.25, -0.2) is 5.01 Å². The Labute approximate surface area is 109 Å². The first-order chi connectivity index (χ1) is 8.65. The van der Waals surface area contributed by atoms with Gasteiger partial charge in [0.2, 0.25) is 0 Å². The van der Waals surface area contributed by atoms with Crippen LogP contribution in [0.1, 0.15) is 18.9 Å². The lowest BCUT2D eigenvalue weighted by molar-refractivity contribution is -0.119. The summed E-state index contributed by atoms with van der Waals surface area (Å²) in [7, 11) is 3.59. The van der Waals surface area contributed by atoms with Gasteiger partial charge < -0.3 is 0 Å². The molecule has 0 bridgehead atoms. The molecule has 0 aliphatic heterocycles. The summed E-state index contributed by atoms with van der Waals surface area (Å²) >= 11 is 0. The lowest BCUT2D eigenvalue weighted by Gasteiger charge is -2.14. The highest BCUT2D eigenvalue weighted by Gasteiger charge is 2.10. The maximum atomic E-state index is 12.1. The van der Waals surface area contributed by atoms with Crippen LogP contribution >= 0.6 is 0 Å². The van der Waals surface area contributed by atoms with Gasteiger partial charge in [-0.3, -0.25) is 10.2 Å². The molecule has 0 spiro atoms. The SMILES string of the molecule is CCC=CC=C(C(=O)NN(C)C)c1ccccc1. The average molecular weight is 244 g/mol. The Kier molecular flexibility index (Phi) is 5.88. The molecule has 0 heterocycles. The fraction of sp³-hybridized carbons (Fsp3) is 0.267. The molecule has 0 fully saturated rings. The van der Waals surface area contributed by atoms with Crippen LogP contribution in [-0.4, -0.2) is 25.0 Å². The zero-order valence-electron chi connectivity index (χ0n) is 11.2. The lowest BCUT2D eigenvalue weighted by atomic mass is 10.0. The van der Waals surface area contributed by atoms with Crippen molar-refractivity contribution in [3.05, 3.63) is 54.1 Å². The van der Waals surface area contributed by atoms with E-state index in [4.69, 9.17) is 0 Å². The minimum atomic E-state index is -0.105. The van der Waals surface area contributed by atoms with Crippen molar-refractivity contribution in [1.29, 1.82) is 0 Å². The van der Waals surface area contributed by atoms with Crippen molar-refractivity contribution in [2.75, 3.05) is 14.1 Å². The van der Waals surface area contributed by atoms with Crippen LogP contribution in [0.3, 0.4) is 0 Å². The quantitative estimate of drug-likeness (QED) is 0.490. The number of nitrogens with one attached hydrogen (secondary N) is 1. The Balaban J connectivity index is 2.99. The molecule has 1 N–H and O–H groups in total. The molecule has 1 amide bonds. The summed E-state index contributed by atoms with van der Waals surface area (Å²) in [5, 5.41) is 1.64. The Morgan fingerprint density at radius 2 is 1.94 bits per heavy atom. The molecule has 0 saturated carbocycles. The summed E-state index contributed by atoms with van der Waals surface area (Å²) in [6.07, 6.45) is 6.73. The van der Waals surface area contributed by atoms with E-state index in [0.717, 1.165) is 12.0 Å². The average Bonchev–Trinajstić information content (AvgIpc) is 2.35. The van der Waals surface area contributed by atoms with Gasteiger partial charge >= 0.3 is 0 Å². The predicted molar refractivity (Wildman–Crippen MR) is 75.7 cm³/mol. The first-order valence-electron chi connectivity index (χ1n) is 6.05. The lowest BCUT2D eigenvalue weighted by Crippen LogP contribution is -2.36. The van der Waals surface area contributed by atoms with Crippen LogP contribution in [0.15, 0.2) is 48.6 Å². The Bertz CT molecular complexity index is 433. The number of amides is 1. The minimum absolute atomic E-state index is 0.105. The van der Waals surface area contributed by atoms with Gasteiger partial charge in [-0.2, -0.15) is 0 Å². The molecule has 0 aliphatic rings. The first-order valence-corrected chi connectivity index (χ1v) is 6.05. The summed E-state index contributed by atoms with van der Waals surface area (Å²) in [6, 6.07) is 9.65. The third-order valence-corrected chi connectivity index (χ3v) is 2.29. The van der Waals surface area contributed by atoms with E-state index in [1.54, 1.807) is 19.1 Å². The smallest absolute Gasteiger partial charge is 0.266 e. The topological polar surface area (TPSA) is 32.3 Å². The Morgan fingerprint density at radius 1 is 1.28 bits per heavy atom. The molecular weight excluding hydrogens is 224 g/mol. The summed E-state index contributed by atoms with van der Waals surface area (Å²) in [6.45, 7) is 2.06. The second-order valence-electron chi connectivity index (χ2n) is 4.12. The second kappa shape index (κ2) is 7.45. The monoisotopic (exact) mass is 244 g/mol. The van der Waals surface area contributed by atoms with Gasteiger partial charge in [-0.05, 0) is 18.1 Å². The van der Waals surface area contributed by atoms with E-state index < -0.39 is 0 Å². The third kappa shape index (κ3) is 4.55. The molecular formula is C15H20N2O. The molecule has 0 saturated heterocycles. The number of allylic oxidation sites excluding steroid dienone is 3. The van der Waals surface area contributed by atoms with Crippen molar-refractivity contribution >= 4 is 11.5 Å². The van der Waals surface area contributed by atoms with Gasteiger partial charge in [-0.1, -0.05) is 49.4 Å². The zero-order chi connectivity index (χ0) is 13.4. The number of benzene rings is 1. The van der Waals surface area contributed by atoms with Crippen LogP contribution in [-0.2, 0) is 4.79 Å². The van der Waals surface area contributed by atoms with Crippen molar-refractivity contribution < 1.29 is 4.79 Å². The second-order valence-corrected chi connectivity index (χ2v) is 4.12. The number of carbonyl (C=O) groups is 1. The summed E-state index contributed by atoms with van der Waals surface area (Å²) in [5.74, 6) is -0.105. The van der Waals surface area contributed by atoms with Crippen LogP contribution in [0, 0.1) is 0 Å². The largest absolute Gasteiger partial charge is 0.285 e. The van der Waals surface area contributed by atoms with E-state index in [9.17, 15) is 4.79 Å². The molecule has 0 unspecified atom stereocenters. The fourth-order valence-corrected chi connectivity index (χ4v) is 1.48. The van der Waals surface area contributed by atoms with Gasteiger partial charge in [0.15, 0.2) is 0 Å². The van der Waals surface area contributed by atoms with Gasteiger partial charge in [0.25, 0.3) is 5.91 Å². The van der Waals surface area contributed by atoms with E-state index in [1.807, 2.05) is 48.6 Å². The van der Waals surface area contributed by atoms with Crippen molar-refractivity contribution in [1.82, 2.24) is 10.4 Å². The maximum absolute atomic E-state index is 12.1. The van der Waals surface area contributed by atoms with Crippen molar-refractivity contribution in [3.63, 3.8) is 0 Å². The molecule has 3 heteroatoms. The number of hydrogen-bond donors (Lipinski definition) is 1. The maximum Gasteiger partial charge on any atom is 0.266 e. The molecule has 96 valence electrons. The Hall–Kier alpha value is -1.87. The summed E-state index contributed by atoms with van der Waals surface area (Å²) in [5.41, 5.74) is 4.34. The molecule has 0 aromatic heterocycles. The van der Waals surface area contributed by atoms with E-state index in [-0.39, 0.29) is 5.91 Å². The minimum Gasteiger partial charge on any atom is -0.285 e. The van der Waals surface area contributed by atoms with Crippen LogP contribution in [0.2, 0.25) is 0 Å². The zero-order valence-corrected chi connectivity index (χ0v) is 11.2. The molecule has 1 rings (SSSR count). The van der Waals surface area contributed by atoms with Crippen LogP contribution in [0.4, 0.5) is 0 Å². The van der Waals surface area contributed by atoms with Gasteiger partial charge in [0, 0.05) is 19.7 Å². The highest BCUT2D eigenvalue weighted by atomic mass is 16.2. The predicted octanol–water partition coefficient (Wildman–Crippen LogP) is 2.63. The van der Waals surface area contributed by atoms with E-state index >= 15 is 0 Å². The highest BCUT2D eigenvalue weighted by Crippen LogP contribution is 2.14. The molecule has 0 atom stereocenters. The van der Waals surface area contributed by atoms with Crippen molar-refractivity contribution in [3.8, 4) is 0 Å². The van der Waals surface area contributed by atoms with Crippen LogP contribution in [0.5, 0.6) is 0 Å². The molecule has 0 aliphatic carbocycles. The number of rotatable bonds is 5. The fourth-order valence-electron chi connectivity index (χ4n) is 1.48. The molecule has 18 heavy (non-hydrogen) atoms. The molecule has 3 nitrogen and oxygen atoms in total. The first kappa shape index (κ1) is 14.2. The van der Waals surface area contributed by atoms with E-state index in [2.05, 4.69) is 12.3 Å². The molecule has 1 aromatic carbocycles. The Morgan fingerprint density at radius 3 is 2.50 bits per heavy atom. The van der Waals surface area contributed by atoms with Gasteiger partial charge in [0.1, 0.15) is 0 Å². The van der Waals surface area contributed by atoms with Gasteiger partial charge in [0.05, 0.1) is 0 Å².